The number of imidazole rings is 1. The van der Waals surface area contributed by atoms with Crippen LogP contribution in [-0.4, -0.2) is 22.0 Å². The van der Waals surface area contributed by atoms with Crippen LogP contribution in [0, 0.1) is 13.8 Å². The molecule has 1 fully saturated rings. The summed E-state index contributed by atoms with van der Waals surface area (Å²) < 4.78 is 2.31. The molecule has 134 valence electrons. The predicted molar refractivity (Wildman–Crippen MR) is 106 cm³/mol. The number of rotatable bonds is 4. The van der Waals surface area contributed by atoms with E-state index in [9.17, 15) is 4.79 Å². The molecule has 1 aromatic heterocycles. The van der Waals surface area contributed by atoms with Gasteiger partial charge in [0, 0.05) is 31.1 Å². The van der Waals surface area contributed by atoms with Gasteiger partial charge in [0.05, 0.1) is 11.0 Å². The summed E-state index contributed by atoms with van der Waals surface area (Å²) >= 11 is 0. The van der Waals surface area contributed by atoms with Crippen molar-refractivity contribution in [3.63, 3.8) is 0 Å². The molecule has 0 radical (unpaired) electrons. The van der Waals surface area contributed by atoms with E-state index in [0.29, 0.717) is 13.0 Å². The van der Waals surface area contributed by atoms with Gasteiger partial charge in [-0.3, -0.25) is 4.79 Å². The Hall–Kier alpha value is -2.62. The monoisotopic (exact) mass is 347 g/mol. The summed E-state index contributed by atoms with van der Waals surface area (Å²) in [6.07, 6.45) is 1.58. The van der Waals surface area contributed by atoms with Crippen molar-refractivity contribution in [1.82, 2.24) is 9.55 Å². The van der Waals surface area contributed by atoms with Gasteiger partial charge in [-0.15, -0.1) is 0 Å². The molecule has 1 aliphatic heterocycles. The number of anilines is 1. The van der Waals surface area contributed by atoms with Crippen molar-refractivity contribution in [3.8, 4) is 0 Å². The first-order valence-corrected chi connectivity index (χ1v) is 9.41. The van der Waals surface area contributed by atoms with Crippen molar-refractivity contribution < 1.29 is 4.79 Å². The highest BCUT2D eigenvalue weighted by atomic mass is 16.2. The minimum absolute atomic E-state index is 0.140. The first-order valence-electron chi connectivity index (χ1n) is 9.41. The van der Waals surface area contributed by atoms with Crippen molar-refractivity contribution in [2.45, 2.75) is 46.1 Å². The Morgan fingerprint density at radius 2 is 1.96 bits per heavy atom. The van der Waals surface area contributed by atoms with Crippen LogP contribution < -0.4 is 4.90 Å². The van der Waals surface area contributed by atoms with E-state index in [2.05, 4.69) is 61.7 Å². The van der Waals surface area contributed by atoms with Gasteiger partial charge in [0.2, 0.25) is 5.91 Å². The number of aromatic nitrogens is 2. The van der Waals surface area contributed by atoms with Crippen LogP contribution in [0.15, 0.2) is 42.5 Å². The van der Waals surface area contributed by atoms with E-state index in [-0.39, 0.29) is 11.8 Å². The Morgan fingerprint density at radius 3 is 2.77 bits per heavy atom. The number of para-hydroxylation sites is 2. The fraction of sp³-hybridized carbons (Fsp3) is 0.364. The fourth-order valence-corrected chi connectivity index (χ4v) is 3.99. The van der Waals surface area contributed by atoms with Crippen molar-refractivity contribution in [2.24, 2.45) is 0 Å². The van der Waals surface area contributed by atoms with Crippen molar-refractivity contribution >= 4 is 22.6 Å². The summed E-state index contributed by atoms with van der Waals surface area (Å²) in [5.41, 5.74) is 5.55. The number of aryl methyl sites for hydroxylation is 3. The lowest BCUT2D eigenvalue weighted by Gasteiger charge is -2.20. The highest BCUT2D eigenvalue weighted by molar-refractivity contribution is 5.97. The van der Waals surface area contributed by atoms with E-state index < -0.39 is 0 Å². The van der Waals surface area contributed by atoms with Crippen LogP contribution in [0.3, 0.4) is 0 Å². The molecule has 1 amide bonds. The number of amides is 1. The van der Waals surface area contributed by atoms with Crippen molar-refractivity contribution in [1.29, 1.82) is 0 Å². The summed E-state index contributed by atoms with van der Waals surface area (Å²) in [6, 6.07) is 14.6. The summed E-state index contributed by atoms with van der Waals surface area (Å²) in [6.45, 7) is 7.96. The average molecular weight is 347 g/mol. The molecule has 0 bridgehead atoms. The first-order chi connectivity index (χ1) is 12.6. The third-order valence-corrected chi connectivity index (χ3v) is 5.28. The first kappa shape index (κ1) is 16.8. The normalized spacial score (nSPS) is 17.4. The van der Waals surface area contributed by atoms with Gasteiger partial charge >= 0.3 is 0 Å². The highest BCUT2D eigenvalue weighted by Crippen LogP contribution is 2.34. The van der Waals surface area contributed by atoms with Gasteiger partial charge in [-0.25, -0.2) is 4.98 Å². The van der Waals surface area contributed by atoms with Crippen molar-refractivity contribution in [3.05, 3.63) is 59.4 Å². The molecular weight excluding hydrogens is 322 g/mol. The Kier molecular flexibility index (Phi) is 4.27. The second kappa shape index (κ2) is 6.60. The Morgan fingerprint density at radius 1 is 1.15 bits per heavy atom. The van der Waals surface area contributed by atoms with Gasteiger partial charge in [0.25, 0.3) is 0 Å². The number of carbonyl (C=O) groups excluding carboxylic acids is 1. The summed E-state index contributed by atoms with van der Waals surface area (Å²) in [4.78, 5) is 19.6. The molecule has 1 saturated heterocycles. The predicted octanol–water partition coefficient (Wildman–Crippen LogP) is 4.58. The maximum Gasteiger partial charge on any atom is 0.227 e. The molecule has 4 nitrogen and oxygen atoms in total. The van der Waals surface area contributed by atoms with E-state index in [1.807, 2.05) is 11.0 Å². The molecule has 2 aromatic carbocycles. The number of hydrogen-bond acceptors (Lipinski definition) is 2. The number of benzene rings is 2. The van der Waals surface area contributed by atoms with Crippen LogP contribution in [0.1, 0.15) is 42.6 Å². The zero-order chi connectivity index (χ0) is 18.3. The standard InChI is InChI=1S/C22H25N3O/c1-4-11-24-19-8-6-5-7-18(19)23-22(24)17-13-21(26)25(14-17)20-12-15(2)9-10-16(20)3/h5-10,12,17H,4,11,13-14H2,1-3H3/t17-/m0/s1. The fourth-order valence-electron chi connectivity index (χ4n) is 3.99. The van der Waals surface area contributed by atoms with E-state index in [0.717, 1.165) is 35.6 Å². The second-order valence-corrected chi connectivity index (χ2v) is 7.31. The molecule has 0 spiro atoms. The smallest absolute Gasteiger partial charge is 0.227 e. The summed E-state index contributed by atoms with van der Waals surface area (Å²) in [7, 11) is 0. The molecule has 3 aromatic rings. The number of hydrogen-bond donors (Lipinski definition) is 0. The zero-order valence-electron chi connectivity index (χ0n) is 15.7. The van der Waals surface area contributed by atoms with Gasteiger partial charge in [-0.05, 0) is 49.6 Å². The van der Waals surface area contributed by atoms with Crippen LogP contribution in [0.5, 0.6) is 0 Å². The SMILES string of the molecule is CCCn1c([C@H]2CC(=O)N(c3cc(C)ccc3C)C2)nc2ccccc21. The van der Waals surface area contributed by atoms with Crippen LogP contribution in [-0.2, 0) is 11.3 Å². The maximum absolute atomic E-state index is 12.8. The lowest BCUT2D eigenvalue weighted by molar-refractivity contribution is -0.117. The van der Waals surface area contributed by atoms with Crippen LogP contribution >= 0.6 is 0 Å². The van der Waals surface area contributed by atoms with Gasteiger partial charge in [-0.2, -0.15) is 0 Å². The molecule has 0 aliphatic carbocycles. The molecule has 1 aliphatic rings. The molecule has 0 unspecified atom stereocenters. The number of carbonyl (C=O) groups is 1. The Bertz CT molecular complexity index is 973. The molecule has 0 N–H and O–H groups in total. The van der Waals surface area contributed by atoms with Gasteiger partial charge < -0.3 is 9.47 Å². The molecular formula is C22H25N3O. The Labute approximate surface area is 154 Å². The highest BCUT2D eigenvalue weighted by Gasteiger charge is 2.35. The van der Waals surface area contributed by atoms with Crippen LogP contribution in [0.4, 0.5) is 5.69 Å². The van der Waals surface area contributed by atoms with E-state index in [4.69, 9.17) is 4.98 Å². The molecule has 4 rings (SSSR count). The summed E-state index contributed by atoms with van der Waals surface area (Å²) in [5, 5.41) is 0. The lowest BCUT2D eigenvalue weighted by atomic mass is 10.1. The summed E-state index contributed by atoms with van der Waals surface area (Å²) in [5.74, 6) is 1.38. The molecule has 2 heterocycles. The van der Waals surface area contributed by atoms with Gasteiger partial charge in [-0.1, -0.05) is 31.2 Å². The quantitative estimate of drug-likeness (QED) is 0.693. The van der Waals surface area contributed by atoms with Crippen molar-refractivity contribution in [2.75, 3.05) is 11.4 Å². The van der Waals surface area contributed by atoms with Crippen LogP contribution in [0.25, 0.3) is 11.0 Å². The minimum atomic E-state index is 0.140. The third kappa shape index (κ3) is 2.79. The zero-order valence-corrected chi connectivity index (χ0v) is 15.7. The largest absolute Gasteiger partial charge is 0.328 e. The van der Waals surface area contributed by atoms with Crippen LogP contribution in [0.2, 0.25) is 0 Å². The van der Waals surface area contributed by atoms with Gasteiger partial charge in [0.15, 0.2) is 0 Å². The Balaban J connectivity index is 1.72. The maximum atomic E-state index is 12.8. The molecule has 0 saturated carbocycles. The minimum Gasteiger partial charge on any atom is -0.328 e. The van der Waals surface area contributed by atoms with Gasteiger partial charge in [0.1, 0.15) is 5.82 Å². The topological polar surface area (TPSA) is 38.1 Å². The third-order valence-electron chi connectivity index (χ3n) is 5.28. The average Bonchev–Trinajstić information content (AvgIpc) is 3.18. The molecule has 26 heavy (non-hydrogen) atoms. The second-order valence-electron chi connectivity index (χ2n) is 7.31. The van der Waals surface area contributed by atoms with E-state index in [1.165, 1.54) is 11.1 Å². The number of fused-ring (bicyclic) bond motifs is 1. The van der Waals surface area contributed by atoms with E-state index >= 15 is 0 Å². The molecule has 1 atom stereocenters. The molecule has 4 heteroatoms. The lowest BCUT2D eigenvalue weighted by Crippen LogP contribution is -2.25. The number of nitrogens with zero attached hydrogens (tertiary/aromatic N) is 3. The van der Waals surface area contributed by atoms with E-state index in [1.54, 1.807) is 0 Å².